The minimum Gasteiger partial charge on any atom is -0.297 e. The minimum atomic E-state index is 0.560. The molecule has 0 aliphatic heterocycles. The Morgan fingerprint density at radius 1 is 1.75 bits per heavy atom. The third-order valence-electron chi connectivity index (χ3n) is 2.09. The highest BCUT2D eigenvalue weighted by molar-refractivity contribution is 5.35. The Balaban J connectivity index is 2.16. The lowest BCUT2D eigenvalue weighted by Gasteiger charge is -1.99. The Morgan fingerprint density at radius 3 is 2.88 bits per heavy atom. The van der Waals surface area contributed by atoms with Crippen molar-refractivity contribution in [2.75, 3.05) is 0 Å². The standard InChI is InChI=1S/C7H9N/c1-8-7-3-2-5-4-6(5)7/h2,6-7H,1,3-4H2. The lowest BCUT2D eigenvalue weighted by molar-refractivity contribution is 0.647. The maximum Gasteiger partial charge on any atom is 0.0595 e. The van der Waals surface area contributed by atoms with Gasteiger partial charge in [-0.3, -0.25) is 4.99 Å². The highest BCUT2D eigenvalue weighted by Crippen LogP contribution is 2.48. The molecule has 2 aliphatic carbocycles. The van der Waals surface area contributed by atoms with Crippen LogP contribution in [0.5, 0.6) is 0 Å². The highest BCUT2D eigenvalue weighted by Gasteiger charge is 2.40. The number of nitrogens with zero attached hydrogens (tertiary/aromatic N) is 1. The van der Waals surface area contributed by atoms with Crippen molar-refractivity contribution in [3.63, 3.8) is 0 Å². The second-order valence-corrected chi connectivity index (χ2v) is 2.58. The molecule has 0 saturated heterocycles. The van der Waals surface area contributed by atoms with Crippen LogP contribution in [0, 0.1) is 5.92 Å². The lowest BCUT2D eigenvalue weighted by Crippen LogP contribution is -2.00. The van der Waals surface area contributed by atoms with Crippen molar-refractivity contribution in [2.24, 2.45) is 10.9 Å². The quantitative estimate of drug-likeness (QED) is 0.355. The topological polar surface area (TPSA) is 12.4 Å². The van der Waals surface area contributed by atoms with Gasteiger partial charge in [-0.15, -0.1) is 0 Å². The molecule has 0 aromatic rings. The summed E-state index contributed by atoms with van der Waals surface area (Å²) < 4.78 is 0. The van der Waals surface area contributed by atoms with Crippen molar-refractivity contribution < 1.29 is 0 Å². The summed E-state index contributed by atoms with van der Waals surface area (Å²) >= 11 is 0. The molecule has 0 aromatic heterocycles. The van der Waals surface area contributed by atoms with Gasteiger partial charge in [0.15, 0.2) is 0 Å². The molecule has 8 heavy (non-hydrogen) atoms. The molecule has 0 radical (unpaired) electrons. The van der Waals surface area contributed by atoms with Crippen LogP contribution < -0.4 is 0 Å². The Morgan fingerprint density at radius 2 is 2.62 bits per heavy atom. The average molecular weight is 107 g/mol. The van der Waals surface area contributed by atoms with Gasteiger partial charge in [0.1, 0.15) is 0 Å². The van der Waals surface area contributed by atoms with Gasteiger partial charge in [-0.25, -0.2) is 0 Å². The van der Waals surface area contributed by atoms with Gasteiger partial charge >= 0.3 is 0 Å². The van der Waals surface area contributed by atoms with E-state index in [4.69, 9.17) is 0 Å². The van der Waals surface area contributed by atoms with Crippen LogP contribution in [0.1, 0.15) is 12.8 Å². The average Bonchev–Trinajstić information content (AvgIpc) is 2.46. The molecule has 1 nitrogen and oxygen atoms in total. The van der Waals surface area contributed by atoms with Gasteiger partial charge < -0.3 is 0 Å². The van der Waals surface area contributed by atoms with Crippen LogP contribution >= 0.6 is 0 Å². The van der Waals surface area contributed by atoms with Gasteiger partial charge in [0, 0.05) is 5.92 Å². The van der Waals surface area contributed by atoms with Crippen molar-refractivity contribution in [1.29, 1.82) is 0 Å². The summed E-state index contributed by atoms with van der Waals surface area (Å²) in [6, 6.07) is 0.560. The zero-order chi connectivity index (χ0) is 5.56. The lowest BCUT2D eigenvalue weighted by atomic mass is 10.2. The van der Waals surface area contributed by atoms with E-state index in [0.29, 0.717) is 6.04 Å². The number of fused-ring (bicyclic) bond motifs is 1. The predicted octanol–water partition coefficient (Wildman–Crippen LogP) is 1.41. The molecule has 2 aliphatic rings. The first-order valence-electron chi connectivity index (χ1n) is 3.06. The molecule has 2 unspecified atom stereocenters. The molecule has 1 saturated carbocycles. The van der Waals surface area contributed by atoms with Crippen LogP contribution in [0.4, 0.5) is 0 Å². The van der Waals surface area contributed by atoms with Crippen LogP contribution in [-0.4, -0.2) is 12.8 Å². The van der Waals surface area contributed by atoms with E-state index >= 15 is 0 Å². The SMILES string of the molecule is C=NC1CC=C2CC21. The third-order valence-corrected chi connectivity index (χ3v) is 2.09. The van der Waals surface area contributed by atoms with Crippen molar-refractivity contribution in [2.45, 2.75) is 18.9 Å². The van der Waals surface area contributed by atoms with Gasteiger partial charge in [0.05, 0.1) is 6.04 Å². The monoisotopic (exact) mass is 107 g/mol. The first-order valence-corrected chi connectivity index (χ1v) is 3.06. The Bertz CT molecular complexity index is 158. The molecule has 0 heterocycles. The Labute approximate surface area is 49.1 Å². The number of hydrogen-bond acceptors (Lipinski definition) is 1. The molecular formula is C7H9N. The van der Waals surface area contributed by atoms with E-state index in [9.17, 15) is 0 Å². The summed E-state index contributed by atoms with van der Waals surface area (Å²) in [5, 5.41) is 0. The van der Waals surface area contributed by atoms with E-state index < -0.39 is 0 Å². The molecule has 0 N–H and O–H groups in total. The summed E-state index contributed by atoms with van der Waals surface area (Å²) in [4.78, 5) is 4.01. The smallest absolute Gasteiger partial charge is 0.0595 e. The summed E-state index contributed by atoms with van der Waals surface area (Å²) in [5.74, 6) is 0.826. The largest absolute Gasteiger partial charge is 0.297 e. The first kappa shape index (κ1) is 4.30. The highest BCUT2D eigenvalue weighted by atomic mass is 14.8. The van der Waals surface area contributed by atoms with E-state index in [0.717, 1.165) is 12.3 Å². The second kappa shape index (κ2) is 1.22. The summed E-state index contributed by atoms with van der Waals surface area (Å²) in [7, 11) is 0. The molecule has 0 bridgehead atoms. The van der Waals surface area contributed by atoms with Crippen LogP contribution in [0.3, 0.4) is 0 Å². The van der Waals surface area contributed by atoms with Crippen LogP contribution in [0.15, 0.2) is 16.6 Å². The fourth-order valence-corrected chi connectivity index (χ4v) is 1.45. The molecule has 1 heteroatoms. The summed E-state index contributed by atoms with van der Waals surface area (Å²) in [6.45, 7) is 3.54. The normalized spacial score (nSPS) is 40.8. The maximum absolute atomic E-state index is 4.01. The van der Waals surface area contributed by atoms with Gasteiger partial charge in [-0.05, 0) is 19.6 Å². The van der Waals surface area contributed by atoms with Gasteiger partial charge in [-0.1, -0.05) is 11.6 Å². The Hall–Kier alpha value is -0.590. The Kier molecular flexibility index (Phi) is 0.655. The van der Waals surface area contributed by atoms with Gasteiger partial charge in [0.2, 0.25) is 0 Å². The zero-order valence-electron chi connectivity index (χ0n) is 4.80. The van der Waals surface area contributed by atoms with Crippen LogP contribution in [-0.2, 0) is 0 Å². The molecule has 42 valence electrons. The molecule has 0 aromatic carbocycles. The molecule has 0 spiro atoms. The van der Waals surface area contributed by atoms with Crippen molar-refractivity contribution >= 4 is 6.72 Å². The van der Waals surface area contributed by atoms with E-state index in [1.807, 2.05) is 0 Å². The van der Waals surface area contributed by atoms with Crippen molar-refractivity contribution in [3.05, 3.63) is 11.6 Å². The van der Waals surface area contributed by atoms with E-state index in [-0.39, 0.29) is 0 Å². The first-order chi connectivity index (χ1) is 3.92. The van der Waals surface area contributed by atoms with Crippen molar-refractivity contribution in [1.82, 2.24) is 0 Å². The van der Waals surface area contributed by atoms with E-state index in [1.165, 1.54) is 6.42 Å². The predicted molar refractivity (Wildman–Crippen MR) is 34.1 cm³/mol. The second-order valence-electron chi connectivity index (χ2n) is 2.58. The summed E-state index contributed by atoms with van der Waals surface area (Å²) in [5.41, 5.74) is 1.63. The fraction of sp³-hybridized carbons (Fsp3) is 0.571. The van der Waals surface area contributed by atoms with Crippen LogP contribution in [0.2, 0.25) is 0 Å². The molecule has 2 rings (SSSR count). The third kappa shape index (κ3) is 0.391. The number of hydrogen-bond donors (Lipinski definition) is 0. The minimum absolute atomic E-state index is 0.560. The number of aliphatic imine (C=N–C) groups is 1. The van der Waals surface area contributed by atoms with Crippen molar-refractivity contribution in [3.8, 4) is 0 Å². The van der Waals surface area contributed by atoms with Crippen LogP contribution in [0.25, 0.3) is 0 Å². The number of rotatable bonds is 1. The van der Waals surface area contributed by atoms with E-state index in [1.54, 1.807) is 5.57 Å². The van der Waals surface area contributed by atoms with E-state index in [2.05, 4.69) is 17.8 Å². The van der Waals surface area contributed by atoms with Gasteiger partial charge in [0.25, 0.3) is 0 Å². The van der Waals surface area contributed by atoms with Gasteiger partial charge in [-0.2, -0.15) is 0 Å². The zero-order valence-corrected chi connectivity index (χ0v) is 4.80. The molecular weight excluding hydrogens is 98.1 g/mol. The molecule has 0 amide bonds. The molecule has 1 fully saturated rings. The fourth-order valence-electron chi connectivity index (χ4n) is 1.45. The summed E-state index contributed by atoms with van der Waals surface area (Å²) in [6.07, 6.45) is 4.78. The maximum atomic E-state index is 4.01. The molecule has 2 atom stereocenters.